The van der Waals surface area contributed by atoms with Crippen molar-refractivity contribution in [3.63, 3.8) is 0 Å². The lowest BCUT2D eigenvalue weighted by molar-refractivity contribution is 0.0233. The van der Waals surface area contributed by atoms with Crippen LogP contribution in [0.2, 0.25) is 0 Å². The van der Waals surface area contributed by atoms with E-state index in [1.54, 1.807) is 7.05 Å². The second-order valence-electron chi connectivity index (χ2n) is 4.24. The highest BCUT2D eigenvalue weighted by atomic mass is 16.5. The van der Waals surface area contributed by atoms with Gasteiger partial charge in [-0.1, -0.05) is 0 Å². The minimum Gasteiger partial charge on any atom is -0.379 e. The molecule has 1 saturated heterocycles. The van der Waals surface area contributed by atoms with E-state index >= 15 is 0 Å². The van der Waals surface area contributed by atoms with Crippen molar-refractivity contribution in [3.8, 4) is 0 Å². The highest BCUT2D eigenvalue weighted by Gasteiger charge is 2.09. The van der Waals surface area contributed by atoms with Crippen LogP contribution in [0, 0.1) is 0 Å². The van der Waals surface area contributed by atoms with Gasteiger partial charge in [0.2, 0.25) is 0 Å². The minimum absolute atomic E-state index is 0.630. The van der Waals surface area contributed by atoms with Crippen LogP contribution in [0.15, 0.2) is 28.9 Å². The van der Waals surface area contributed by atoms with Crippen molar-refractivity contribution in [2.24, 2.45) is 4.99 Å². The van der Waals surface area contributed by atoms with Crippen LogP contribution in [0.25, 0.3) is 0 Å². The molecular weight excluding hydrogens is 230 g/mol. The molecule has 0 saturated carbocycles. The second-order valence-corrected chi connectivity index (χ2v) is 4.24. The van der Waals surface area contributed by atoms with Gasteiger partial charge in [0.25, 0.3) is 0 Å². The van der Waals surface area contributed by atoms with Crippen LogP contribution < -0.4 is 5.32 Å². The number of rotatable bonds is 5. The molecule has 0 atom stereocenters. The number of hydrogen-bond donors (Lipinski definition) is 1. The van der Waals surface area contributed by atoms with Crippen LogP contribution in [-0.4, -0.2) is 63.8 Å². The van der Waals surface area contributed by atoms with Gasteiger partial charge in [-0.25, -0.2) is 0 Å². The van der Waals surface area contributed by atoms with Gasteiger partial charge < -0.3 is 14.8 Å². The molecular formula is C13H21N3O2. The van der Waals surface area contributed by atoms with E-state index in [9.17, 15) is 0 Å². The number of amidine groups is 1. The maximum atomic E-state index is 5.62. The van der Waals surface area contributed by atoms with Crippen molar-refractivity contribution in [1.82, 2.24) is 10.2 Å². The smallest absolute Gasteiger partial charge is 0.131 e. The maximum Gasteiger partial charge on any atom is 0.131 e. The fraction of sp³-hybridized carbons (Fsp3) is 0.615. The van der Waals surface area contributed by atoms with Gasteiger partial charge in [0.15, 0.2) is 0 Å². The SMILES string of the molecule is CN=C1NC=C/C1=C/COCCN1CCOCC1. The Bertz CT molecular complexity index is 344. The lowest BCUT2D eigenvalue weighted by Crippen LogP contribution is -2.38. The van der Waals surface area contributed by atoms with Crippen LogP contribution >= 0.6 is 0 Å². The Hall–Kier alpha value is -1.17. The molecule has 0 bridgehead atoms. The molecule has 0 aliphatic carbocycles. The summed E-state index contributed by atoms with van der Waals surface area (Å²) in [5, 5.41) is 3.07. The van der Waals surface area contributed by atoms with Crippen LogP contribution in [0.1, 0.15) is 0 Å². The van der Waals surface area contributed by atoms with E-state index in [1.807, 2.05) is 12.3 Å². The van der Waals surface area contributed by atoms with Gasteiger partial charge in [-0.2, -0.15) is 0 Å². The van der Waals surface area contributed by atoms with Crippen molar-refractivity contribution in [3.05, 3.63) is 23.9 Å². The average Bonchev–Trinajstić information content (AvgIpc) is 2.87. The summed E-state index contributed by atoms with van der Waals surface area (Å²) < 4.78 is 10.9. The molecule has 5 heteroatoms. The monoisotopic (exact) mass is 251 g/mol. The summed E-state index contributed by atoms with van der Waals surface area (Å²) in [4.78, 5) is 6.51. The zero-order valence-corrected chi connectivity index (χ0v) is 10.9. The molecule has 0 radical (unpaired) electrons. The van der Waals surface area contributed by atoms with Crippen molar-refractivity contribution < 1.29 is 9.47 Å². The molecule has 0 aromatic carbocycles. The molecule has 0 aromatic rings. The van der Waals surface area contributed by atoms with Gasteiger partial charge in [-0.3, -0.25) is 9.89 Å². The van der Waals surface area contributed by atoms with Crippen LogP contribution in [-0.2, 0) is 9.47 Å². The Labute approximate surface area is 108 Å². The van der Waals surface area contributed by atoms with Gasteiger partial charge in [0, 0.05) is 38.5 Å². The van der Waals surface area contributed by atoms with Gasteiger partial charge in [0.1, 0.15) is 5.84 Å². The molecule has 100 valence electrons. The molecule has 5 nitrogen and oxygen atoms in total. The third kappa shape index (κ3) is 3.94. The molecule has 0 aromatic heterocycles. The Balaban J connectivity index is 1.61. The van der Waals surface area contributed by atoms with Crippen molar-refractivity contribution in [2.75, 3.05) is 53.1 Å². The summed E-state index contributed by atoms with van der Waals surface area (Å²) in [5.74, 6) is 0.909. The molecule has 18 heavy (non-hydrogen) atoms. The quantitative estimate of drug-likeness (QED) is 0.719. The van der Waals surface area contributed by atoms with E-state index in [2.05, 4.69) is 21.3 Å². The third-order valence-electron chi connectivity index (χ3n) is 3.06. The Morgan fingerprint density at radius 2 is 2.33 bits per heavy atom. The van der Waals surface area contributed by atoms with Crippen molar-refractivity contribution >= 4 is 5.84 Å². The summed E-state index contributed by atoms with van der Waals surface area (Å²) in [6.45, 7) is 6.10. The molecule has 2 aliphatic heterocycles. The van der Waals surface area contributed by atoms with Gasteiger partial charge >= 0.3 is 0 Å². The fourth-order valence-electron chi connectivity index (χ4n) is 1.98. The Morgan fingerprint density at radius 1 is 1.50 bits per heavy atom. The van der Waals surface area contributed by atoms with E-state index in [1.165, 1.54) is 0 Å². The molecule has 2 rings (SSSR count). The average molecular weight is 251 g/mol. The van der Waals surface area contributed by atoms with E-state index in [0.717, 1.165) is 50.9 Å². The molecule has 0 amide bonds. The lowest BCUT2D eigenvalue weighted by Gasteiger charge is -2.26. The third-order valence-corrected chi connectivity index (χ3v) is 3.06. The molecule has 2 heterocycles. The molecule has 0 unspecified atom stereocenters. The van der Waals surface area contributed by atoms with Crippen molar-refractivity contribution in [1.29, 1.82) is 0 Å². The summed E-state index contributed by atoms with van der Waals surface area (Å²) in [7, 11) is 1.78. The molecule has 2 aliphatic rings. The number of aliphatic imine (C=N–C) groups is 1. The topological polar surface area (TPSA) is 46.1 Å². The highest BCUT2D eigenvalue weighted by molar-refractivity contribution is 6.03. The second kappa shape index (κ2) is 7.31. The molecule has 0 spiro atoms. The zero-order chi connectivity index (χ0) is 12.6. The predicted molar refractivity (Wildman–Crippen MR) is 71.8 cm³/mol. The lowest BCUT2D eigenvalue weighted by atomic mass is 10.2. The van der Waals surface area contributed by atoms with E-state index in [0.29, 0.717) is 6.61 Å². The predicted octanol–water partition coefficient (Wildman–Crippen LogP) is 0.407. The number of hydrogen-bond acceptors (Lipinski definition) is 4. The van der Waals surface area contributed by atoms with Gasteiger partial charge in [-0.05, 0) is 12.2 Å². The van der Waals surface area contributed by atoms with E-state index in [-0.39, 0.29) is 0 Å². The number of ether oxygens (including phenoxy) is 2. The Kier molecular flexibility index (Phi) is 5.38. The first-order chi connectivity index (χ1) is 8.90. The Morgan fingerprint density at radius 3 is 3.11 bits per heavy atom. The molecule has 1 fully saturated rings. The van der Waals surface area contributed by atoms with Crippen LogP contribution in [0.5, 0.6) is 0 Å². The maximum absolute atomic E-state index is 5.62. The number of morpholine rings is 1. The first-order valence-electron chi connectivity index (χ1n) is 6.38. The van der Waals surface area contributed by atoms with Crippen LogP contribution in [0.4, 0.5) is 0 Å². The summed E-state index contributed by atoms with van der Waals surface area (Å²) >= 11 is 0. The number of nitrogens with one attached hydrogen (secondary N) is 1. The summed E-state index contributed by atoms with van der Waals surface area (Å²) in [5.41, 5.74) is 1.10. The fourth-order valence-corrected chi connectivity index (χ4v) is 1.98. The highest BCUT2D eigenvalue weighted by Crippen LogP contribution is 2.04. The molecule has 1 N–H and O–H groups in total. The van der Waals surface area contributed by atoms with E-state index < -0.39 is 0 Å². The van der Waals surface area contributed by atoms with E-state index in [4.69, 9.17) is 9.47 Å². The summed E-state index contributed by atoms with van der Waals surface area (Å²) in [6.07, 6.45) is 5.95. The zero-order valence-electron chi connectivity index (χ0n) is 10.9. The van der Waals surface area contributed by atoms with Gasteiger partial charge in [0.05, 0.1) is 26.4 Å². The largest absolute Gasteiger partial charge is 0.379 e. The van der Waals surface area contributed by atoms with Crippen molar-refractivity contribution in [2.45, 2.75) is 0 Å². The first-order valence-corrected chi connectivity index (χ1v) is 6.38. The number of nitrogens with zero attached hydrogens (tertiary/aromatic N) is 2. The first kappa shape index (κ1) is 13.3. The van der Waals surface area contributed by atoms with Crippen LogP contribution in [0.3, 0.4) is 0 Å². The minimum atomic E-state index is 0.630. The standard InChI is InChI=1S/C13H21N3O2/c1-14-13-12(2-4-15-13)3-8-17-9-5-16-6-10-18-11-7-16/h2-4H,5-11H2,1H3,(H,14,15)/b12-3-. The summed E-state index contributed by atoms with van der Waals surface area (Å²) in [6, 6.07) is 0. The normalized spacial score (nSPS) is 24.9. The van der Waals surface area contributed by atoms with Gasteiger partial charge in [-0.15, -0.1) is 0 Å².